The zero-order valence-electron chi connectivity index (χ0n) is 46.6. The van der Waals surface area contributed by atoms with E-state index in [1.165, 1.54) is 43.0 Å². The monoisotopic (exact) mass is 1280 g/mol. The summed E-state index contributed by atoms with van der Waals surface area (Å²) >= 11 is 7.62. The van der Waals surface area contributed by atoms with E-state index in [1.54, 1.807) is 49.4 Å². The van der Waals surface area contributed by atoms with E-state index in [1.807, 2.05) is 63.4 Å². The van der Waals surface area contributed by atoms with Crippen molar-refractivity contribution in [3.8, 4) is 22.4 Å². The third kappa shape index (κ3) is 15.7. The number of esters is 1. The van der Waals surface area contributed by atoms with E-state index < -0.39 is 94.3 Å². The topological polar surface area (TPSA) is 225 Å². The Balaban J connectivity index is 0.959. The average Bonchev–Trinajstić information content (AvgIpc) is 1.65. The number of rotatable bonds is 22. The van der Waals surface area contributed by atoms with Gasteiger partial charge in [0.2, 0.25) is 0 Å². The van der Waals surface area contributed by atoms with Gasteiger partial charge in [-0.2, -0.15) is 13.2 Å². The van der Waals surface area contributed by atoms with E-state index >= 15 is 4.39 Å². The quantitative estimate of drug-likeness (QED) is 0.0215. The fourth-order valence-corrected chi connectivity index (χ4v) is 15.9. The van der Waals surface area contributed by atoms with Gasteiger partial charge in [-0.15, -0.1) is 11.8 Å². The van der Waals surface area contributed by atoms with Crippen molar-refractivity contribution >= 4 is 89.4 Å². The maximum Gasteiger partial charge on any atom is 0.501 e. The Labute approximate surface area is 496 Å². The van der Waals surface area contributed by atoms with Crippen LogP contribution in [0.2, 0.25) is 5.02 Å². The molecule has 0 radical (unpaired) electrons. The van der Waals surface area contributed by atoms with Gasteiger partial charge in [-0.1, -0.05) is 41.9 Å². The number of aromatic nitrogens is 1. The molecule has 0 amide bonds. The molecule has 2 atom stereocenters. The number of ether oxygens (including phenoxy) is 1. The van der Waals surface area contributed by atoms with Gasteiger partial charge in [-0.25, -0.2) is 29.6 Å². The van der Waals surface area contributed by atoms with Crippen LogP contribution in [-0.4, -0.2) is 132 Å². The van der Waals surface area contributed by atoms with Crippen LogP contribution in [0.3, 0.4) is 0 Å². The number of carbonyl (C=O) groups is 1. The number of hydrogen-bond donors (Lipinski definition) is 4. The van der Waals surface area contributed by atoms with Gasteiger partial charge in [0, 0.05) is 95.1 Å². The van der Waals surface area contributed by atoms with Crippen molar-refractivity contribution in [1.29, 1.82) is 0 Å². The molecule has 4 N–H and O–H groups in total. The predicted molar refractivity (Wildman–Crippen MR) is 321 cm³/mol. The Morgan fingerprint density at radius 3 is 2.01 bits per heavy atom. The average molecular weight is 1280 g/mol. The standard InChI is InChI=1S/C57H66ClF4N6O11PS4/c1-37(2)68-39(4)55(82(5,73)74)53(54(68)40-11-13-43(58)14-12-40)42-31-44(59)33-48(32-42)67-29-27-66(28-30-67)47-17-15-45(16-18-47)64-84(77,78)50-19-20-51(52(34-50)83(75,76)57(60,61)62)63-46(36-81-49-9-7-6-8-10-49)23-26-65-24-21-41(22-25-65)56(69)79-38(3)35-80(70,71)72/h6-20,31-34,37-38,41,46,63-64H,21-30,35-36H2,1-5H3,(H2,70,71,72)/t38?,46-/m1/s1. The molecule has 8 rings (SSSR count). The number of likely N-dealkylation sites (tertiary alicyclic amines) is 1. The zero-order chi connectivity index (χ0) is 61.1. The van der Waals surface area contributed by atoms with Gasteiger partial charge >= 0.3 is 19.1 Å². The fraction of sp³-hybridized carbons (Fsp3) is 0.386. The normalized spacial score (nSPS) is 16.0. The van der Waals surface area contributed by atoms with Gasteiger partial charge in [0.1, 0.15) is 16.8 Å². The maximum atomic E-state index is 15.8. The van der Waals surface area contributed by atoms with E-state index in [4.69, 9.17) is 16.3 Å². The molecule has 6 aromatic rings. The lowest BCUT2D eigenvalue weighted by Crippen LogP contribution is -2.46. The molecule has 1 aromatic heterocycles. The molecular weight excluding hydrogens is 1220 g/mol. The van der Waals surface area contributed by atoms with E-state index in [0.29, 0.717) is 109 Å². The van der Waals surface area contributed by atoms with E-state index in [0.717, 1.165) is 23.3 Å². The highest BCUT2D eigenvalue weighted by Gasteiger charge is 2.48. The van der Waals surface area contributed by atoms with Gasteiger partial charge in [0.25, 0.3) is 19.9 Å². The number of piperazine rings is 1. The van der Waals surface area contributed by atoms with Crippen LogP contribution in [0.15, 0.2) is 135 Å². The van der Waals surface area contributed by atoms with Crippen LogP contribution in [0, 0.1) is 18.7 Å². The van der Waals surface area contributed by atoms with Crippen LogP contribution in [-0.2, 0) is 43.8 Å². The lowest BCUT2D eigenvalue weighted by atomic mass is 9.96. The number of halogens is 5. The molecule has 454 valence electrons. The van der Waals surface area contributed by atoms with Crippen molar-refractivity contribution in [2.75, 3.05) is 83.8 Å². The molecule has 0 saturated carbocycles. The van der Waals surface area contributed by atoms with Crippen LogP contribution in [0.5, 0.6) is 0 Å². The summed E-state index contributed by atoms with van der Waals surface area (Å²) in [4.78, 5) is 36.2. The number of nitrogens with zero attached hydrogens (tertiary/aromatic N) is 4. The fourth-order valence-electron chi connectivity index (χ4n) is 10.7. The molecule has 2 fully saturated rings. The highest BCUT2D eigenvalue weighted by Crippen LogP contribution is 2.45. The number of nitrogens with one attached hydrogen (secondary N) is 2. The van der Waals surface area contributed by atoms with Gasteiger partial charge < -0.3 is 39.1 Å². The first-order chi connectivity index (χ1) is 39.4. The zero-order valence-corrected chi connectivity index (χ0v) is 51.5. The molecule has 84 heavy (non-hydrogen) atoms. The van der Waals surface area contributed by atoms with Crippen molar-refractivity contribution in [2.24, 2.45) is 5.92 Å². The molecule has 0 aliphatic carbocycles. The third-order valence-electron chi connectivity index (χ3n) is 14.6. The van der Waals surface area contributed by atoms with Crippen molar-refractivity contribution < 1.29 is 66.7 Å². The predicted octanol–water partition coefficient (Wildman–Crippen LogP) is 11.1. The van der Waals surface area contributed by atoms with Gasteiger partial charge in [-0.05, 0) is 156 Å². The highest BCUT2D eigenvalue weighted by molar-refractivity contribution is 7.99. The minimum atomic E-state index is -6.14. The molecule has 0 bridgehead atoms. The Hall–Kier alpha value is -5.63. The van der Waals surface area contributed by atoms with Crippen LogP contribution in [0.25, 0.3) is 22.4 Å². The van der Waals surface area contributed by atoms with Crippen molar-refractivity contribution in [1.82, 2.24) is 9.47 Å². The molecule has 0 spiro atoms. The summed E-state index contributed by atoms with van der Waals surface area (Å²) < 4.78 is 162. The van der Waals surface area contributed by atoms with Crippen LogP contribution in [0.1, 0.15) is 51.8 Å². The third-order valence-corrected chi connectivity index (χ3v) is 21.2. The number of carbonyl (C=O) groups excluding carboxylic acids is 1. The second-order valence-corrected chi connectivity index (χ2v) is 30.0. The summed E-state index contributed by atoms with van der Waals surface area (Å²) in [6.07, 6.45) is 0.585. The Morgan fingerprint density at radius 1 is 0.810 bits per heavy atom. The van der Waals surface area contributed by atoms with Crippen LogP contribution in [0.4, 0.5) is 40.3 Å². The molecule has 3 heterocycles. The van der Waals surface area contributed by atoms with Crippen molar-refractivity contribution in [3.63, 3.8) is 0 Å². The first-order valence-corrected chi connectivity index (χ1v) is 34.9. The molecule has 27 heteroatoms. The summed E-state index contributed by atoms with van der Waals surface area (Å²) in [7, 11) is -19.1. The highest BCUT2D eigenvalue weighted by atomic mass is 35.5. The van der Waals surface area contributed by atoms with Crippen molar-refractivity contribution in [2.45, 2.75) is 90.2 Å². The van der Waals surface area contributed by atoms with E-state index in [-0.39, 0.29) is 28.8 Å². The van der Waals surface area contributed by atoms with Gasteiger partial charge in [-0.3, -0.25) is 14.1 Å². The summed E-state index contributed by atoms with van der Waals surface area (Å²) in [6.45, 7) is 9.98. The first-order valence-electron chi connectivity index (χ1n) is 26.9. The molecule has 5 aromatic carbocycles. The van der Waals surface area contributed by atoms with Crippen LogP contribution >= 0.6 is 31.0 Å². The number of anilines is 4. The smallest absolute Gasteiger partial charge is 0.462 e. The molecule has 1 unspecified atom stereocenters. The molecule has 2 aliphatic heterocycles. The SMILES string of the molecule is Cc1c(S(C)(=O)=O)c(-c2cc(F)cc(N3CCN(c4ccc(NS(=O)(=O)c5ccc(N[C@H](CCN6CCC(C(=O)OC(C)CP(=O)(O)O)CC6)CSc6ccccc6)c(S(=O)(=O)C(F)(F)F)c5)cc4)CC3)c2)c(-c2ccc(Cl)cc2)n1C(C)C. The summed E-state index contributed by atoms with van der Waals surface area (Å²) in [5.41, 5.74) is -2.42. The first kappa shape index (κ1) is 64.4. The number of piperidine rings is 1. The van der Waals surface area contributed by atoms with E-state index in [9.17, 15) is 57.6 Å². The second kappa shape index (κ2) is 26.1. The largest absolute Gasteiger partial charge is 0.501 e. The Morgan fingerprint density at radius 2 is 1.43 bits per heavy atom. The number of sulfonamides is 1. The molecular formula is C57H66ClF4N6O11PS4. The Bertz CT molecular complexity index is 3730. The molecule has 2 aliphatic rings. The second-order valence-electron chi connectivity index (χ2n) is 21.3. The summed E-state index contributed by atoms with van der Waals surface area (Å²) in [5.74, 6) is -1.39. The number of thioether (sulfide) groups is 1. The van der Waals surface area contributed by atoms with Crippen molar-refractivity contribution in [3.05, 3.63) is 132 Å². The number of hydrogen-bond acceptors (Lipinski definition) is 14. The molecule has 2 saturated heterocycles. The van der Waals surface area contributed by atoms with Gasteiger partial charge in [0.15, 0.2) is 9.84 Å². The summed E-state index contributed by atoms with van der Waals surface area (Å²) in [5, 5.41) is 3.48. The lowest BCUT2D eigenvalue weighted by molar-refractivity contribution is -0.154. The Kier molecular flexibility index (Phi) is 20.0. The maximum absolute atomic E-state index is 15.8. The number of alkyl halides is 3. The lowest BCUT2D eigenvalue weighted by Gasteiger charge is -2.37. The minimum absolute atomic E-state index is 0.0356. The number of sulfone groups is 2. The summed E-state index contributed by atoms with van der Waals surface area (Å²) in [6, 6.07) is 28.6. The number of benzene rings is 5. The minimum Gasteiger partial charge on any atom is -0.462 e. The van der Waals surface area contributed by atoms with E-state index in [2.05, 4.69) is 10.0 Å². The van der Waals surface area contributed by atoms with Crippen LogP contribution < -0.4 is 19.8 Å². The van der Waals surface area contributed by atoms with Gasteiger partial charge in [0.05, 0.1) is 33.3 Å². The molecule has 17 nitrogen and oxygen atoms in total.